The number of para-hydroxylation sites is 1. The number of hydrogen-bond acceptors (Lipinski definition) is 4. The van der Waals surface area contributed by atoms with Crippen molar-refractivity contribution in [2.75, 3.05) is 0 Å². The van der Waals surface area contributed by atoms with Crippen LogP contribution in [-0.2, 0) is 14.4 Å². The van der Waals surface area contributed by atoms with E-state index in [1.165, 1.54) is 6.92 Å². The smallest absolute Gasteiger partial charge is 0.325 e. The van der Waals surface area contributed by atoms with Crippen LogP contribution >= 0.6 is 0 Å². The van der Waals surface area contributed by atoms with Crippen LogP contribution < -0.4 is 4.74 Å². The van der Waals surface area contributed by atoms with Crippen LogP contribution in [0.1, 0.15) is 70.8 Å². The molecule has 0 saturated heterocycles. The predicted molar refractivity (Wildman–Crippen MR) is 101 cm³/mol. The minimum atomic E-state index is -1.23. The minimum absolute atomic E-state index is 0.0429. The molecule has 0 aromatic heterocycles. The van der Waals surface area contributed by atoms with Gasteiger partial charge in [-0.05, 0) is 43.6 Å². The summed E-state index contributed by atoms with van der Waals surface area (Å²) >= 11 is 0. The second kappa shape index (κ2) is 6.29. The van der Waals surface area contributed by atoms with Crippen molar-refractivity contribution >= 4 is 17.5 Å². The molecule has 4 nitrogen and oxygen atoms in total. The van der Waals surface area contributed by atoms with Gasteiger partial charge >= 0.3 is 5.97 Å². The third kappa shape index (κ3) is 2.52. The average molecular weight is 368 g/mol. The highest BCUT2D eigenvalue weighted by Gasteiger charge is 2.66. The van der Waals surface area contributed by atoms with Crippen molar-refractivity contribution in [3.63, 3.8) is 0 Å². The third-order valence-electron chi connectivity index (χ3n) is 7.72. The number of rotatable bonds is 2. The van der Waals surface area contributed by atoms with Crippen molar-refractivity contribution in [2.45, 2.75) is 65.2 Å². The van der Waals surface area contributed by atoms with Crippen molar-refractivity contribution in [3.05, 3.63) is 29.8 Å². The Balaban J connectivity index is 1.93. The number of esters is 1. The lowest BCUT2D eigenvalue weighted by atomic mass is 9.50. The fraction of sp³-hybridized carbons (Fsp3) is 0.609. The summed E-state index contributed by atoms with van der Waals surface area (Å²) < 4.78 is 5.72. The minimum Gasteiger partial charge on any atom is -0.425 e. The molecule has 4 heteroatoms. The quantitative estimate of drug-likeness (QED) is 0.439. The molecule has 1 aromatic rings. The molecule has 0 bridgehead atoms. The van der Waals surface area contributed by atoms with Gasteiger partial charge in [-0.15, -0.1) is 0 Å². The molecule has 1 aliphatic heterocycles. The highest BCUT2D eigenvalue weighted by Crippen LogP contribution is 2.61. The summed E-state index contributed by atoms with van der Waals surface area (Å²) in [6, 6.07) is 7.38. The van der Waals surface area contributed by atoms with Crippen molar-refractivity contribution in [3.8, 4) is 5.75 Å². The van der Waals surface area contributed by atoms with E-state index in [2.05, 4.69) is 13.8 Å². The Morgan fingerprint density at radius 3 is 2.70 bits per heavy atom. The molecular weight excluding hydrogens is 340 g/mol. The molecule has 0 spiro atoms. The number of Topliss-reactive ketones (excluding diaryl/α,β-unsaturated/α-hetero) is 2. The summed E-state index contributed by atoms with van der Waals surface area (Å²) in [5.41, 5.74) is -0.351. The maximum absolute atomic E-state index is 13.4. The Morgan fingerprint density at radius 1 is 1.26 bits per heavy atom. The van der Waals surface area contributed by atoms with Gasteiger partial charge in [0.2, 0.25) is 0 Å². The molecule has 2 saturated carbocycles. The number of fused-ring (bicyclic) bond motifs is 5. The molecular formula is C23H28O4. The van der Waals surface area contributed by atoms with Gasteiger partial charge in [0.1, 0.15) is 22.7 Å². The largest absolute Gasteiger partial charge is 0.425 e. The van der Waals surface area contributed by atoms with E-state index in [1.54, 1.807) is 6.07 Å². The first kappa shape index (κ1) is 18.4. The van der Waals surface area contributed by atoms with Crippen LogP contribution in [-0.4, -0.2) is 17.5 Å². The molecule has 5 unspecified atom stereocenters. The van der Waals surface area contributed by atoms with E-state index < -0.39 is 17.3 Å². The van der Waals surface area contributed by atoms with Crippen molar-refractivity contribution in [2.24, 2.45) is 22.7 Å². The molecule has 27 heavy (non-hydrogen) atoms. The number of carbonyl (C=O) groups is 3. The summed E-state index contributed by atoms with van der Waals surface area (Å²) in [6.45, 7) is 5.92. The first-order valence-electron chi connectivity index (χ1n) is 10.2. The van der Waals surface area contributed by atoms with E-state index in [-0.39, 0.29) is 35.2 Å². The van der Waals surface area contributed by atoms with Gasteiger partial charge in [0.05, 0.1) is 0 Å². The zero-order valence-electron chi connectivity index (χ0n) is 16.4. The summed E-state index contributed by atoms with van der Waals surface area (Å²) in [4.78, 5) is 39.7. The molecule has 0 amide bonds. The lowest BCUT2D eigenvalue weighted by molar-refractivity contribution is -0.169. The molecule has 144 valence electrons. The second-order valence-electron chi connectivity index (χ2n) is 9.05. The number of ketones is 2. The van der Waals surface area contributed by atoms with Crippen LogP contribution in [0.3, 0.4) is 0 Å². The van der Waals surface area contributed by atoms with Crippen molar-refractivity contribution < 1.29 is 19.1 Å². The lowest BCUT2D eigenvalue weighted by Gasteiger charge is -2.52. The molecule has 4 rings (SSSR count). The zero-order chi connectivity index (χ0) is 19.4. The van der Waals surface area contributed by atoms with Gasteiger partial charge in [-0.3, -0.25) is 14.4 Å². The van der Waals surface area contributed by atoms with Gasteiger partial charge in [0.25, 0.3) is 0 Å². The highest BCUT2D eigenvalue weighted by molar-refractivity contribution is 6.08. The van der Waals surface area contributed by atoms with E-state index in [0.717, 1.165) is 37.7 Å². The van der Waals surface area contributed by atoms with Gasteiger partial charge in [-0.25, -0.2) is 0 Å². The summed E-state index contributed by atoms with van der Waals surface area (Å²) in [5, 5.41) is 0. The van der Waals surface area contributed by atoms with Gasteiger partial charge in [0.15, 0.2) is 0 Å². The monoisotopic (exact) mass is 368 g/mol. The summed E-state index contributed by atoms with van der Waals surface area (Å²) in [5.74, 6) is -0.753. The van der Waals surface area contributed by atoms with Crippen LogP contribution in [0, 0.1) is 22.7 Å². The molecule has 0 radical (unpaired) electrons. The molecule has 5 atom stereocenters. The normalized spacial score (nSPS) is 38.1. The fourth-order valence-corrected chi connectivity index (χ4v) is 6.03. The molecule has 1 aromatic carbocycles. The van der Waals surface area contributed by atoms with Crippen LogP contribution in [0.2, 0.25) is 0 Å². The Bertz CT molecular complexity index is 812. The standard InChI is InChI=1S/C23H28O4/c1-4-22(3)11-7-9-15-18(13-22)23(14(2)24)17(12-19(15)25)16-8-5-6-10-20(16)27-21(23)26/h5-6,8,10,15,17-18H,4,7,9,11-13H2,1-3H3. The van der Waals surface area contributed by atoms with Gasteiger partial charge in [-0.1, -0.05) is 44.9 Å². The van der Waals surface area contributed by atoms with E-state index in [9.17, 15) is 14.4 Å². The SMILES string of the molecule is CCC1(C)CCCC2C(=O)CC3c4ccccc4OC(=O)C3(C(C)=O)C2C1. The third-order valence-corrected chi connectivity index (χ3v) is 7.72. The van der Waals surface area contributed by atoms with Crippen molar-refractivity contribution in [1.82, 2.24) is 0 Å². The lowest BCUT2D eigenvalue weighted by Crippen LogP contribution is -2.60. The maximum atomic E-state index is 13.4. The predicted octanol–water partition coefficient (Wildman–Crippen LogP) is 4.46. The van der Waals surface area contributed by atoms with Crippen LogP contribution in [0.25, 0.3) is 0 Å². The Labute approximate surface area is 160 Å². The van der Waals surface area contributed by atoms with Crippen LogP contribution in [0.5, 0.6) is 5.75 Å². The average Bonchev–Trinajstić information content (AvgIpc) is 2.81. The van der Waals surface area contributed by atoms with E-state index in [0.29, 0.717) is 5.75 Å². The molecule has 0 N–H and O–H groups in total. The van der Waals surface area contributed by atoms with E-state index in [1.807, 2.05) is 18.2 Å². The Morgan fingerprint density at radius 2 is 2.00 bits per heavy atom. The van der Waals surface area contributed by atoms with E-state index in [4.69, 9.17) is 4.74 Å². The first-order valence-corrected chi connectivity index (χ1v) is 10.2. The maximum Gasteiger partial charge on any atom is 0.325 e. The van der Waals surface area contributed by atoms with Gasteiger partial charge < -0.3 is 4.74 Å². The molecule has 2 aliphatic carbocycles. The second-order valence-corrected chi connectivity index (χ2v) is 9.05. The number of benzene rings is 1. The number of hydrogen-bond donors (Lipinski definition) is 0. The van der Waals surface area contributed by atoms with Gasteiger partial charge in [0, 0.05) is 23.8 Å². The topological polar surface area (TPSA) is 60.4 Å². The van der Waals surface area contributed by atoms with E-state index >= 15 is 0 Å². The molecule has 2 fully saturated rings. The molecule has 3 aliphatic rings. The Hall–Kier alpha value is -1.97. The first-order chi connectivity index (χ1) is 12.8. The van der Waals surface area contributed by atoms with Crippen LogP contribution in [0.4, 0.5) is 0 Å². The van der Waals surface area contributed by atoms with Crippen LogP contribution in [0.15, 0.2) is 24.3 Å². The zero-order valence-corrected chi connectivity index (χ0v) is 16.4. The summed E-state index contributed by atoms with van der Waals surface area (Å²) in [7, 11) is 0. The number of ether oxygens (including phenoxy) is 1. The van der Waals surface area contributed by atoms with Crippen molar-refractivity contribution in [1.29, 1.82) is 0 Å². The highest BCUT2D eigenvalue weighted by atomic mass is 16.5. The van der Waals surface area contributed by atoms with Gasteiger partial charge in [-0.2, -0.15) is 0 Å². The molecule has 1 heterocycles. The summed E-state index contributed by atoms with van der Waals surface area (Å²) in [6.07, 6.45) is 4.75. The fourth-order valence-electron chi connectivity index (χ4n) is 6.03. The Kier molecular flexibility index (Phi) is 4.28. The number of carbonyl (C=O) groups excluding carboxylic acids is 3.